The molecule has 5 rings (SSSR count). The van der Waals surface area contributed by atoms with Crippen molar-refractivity contribution in [3.8, 4) is 23.1 Å². The lowest BCUT2D eigenvalue weighted by Crippen LogP contribution is -2.36. The molecule has 0 unspecified atom stereocenters. The van der Waals surface area contributed by atoms with Gasteiger partial charge in [0, 0.05) is 30.5 Å². The van der Waals surface area contributed by atoms with Gasteiger partial charge in [0.2, 0.25) is 5.88 Å². The summed E-state index contributed by atoms with van der Waals surface area (Å²) in [6, 6.07) is 7.57. The minimum absolute atomic E-state index is 0.0965. The predicted molar refractivity (Wildman–Crippen MR) is 153 cm³/mol. The Labute approximate surface area is 257 Å². The van der Waals surface area contributed by atoms with E-state index in [1.165, 1.54) is 34.8 Å². The van der Waals surface area contributed by atoms with E-state index < -0.39 is 41.7 Å². The summed E-state index contributed by atoms with van der Waals surface area (Å²) in [6.45, 7) is 3.62. The average Bonchev–Trinajstić information content (AvgIpc) is 3.41. The number of hydrogen-bond acceptors (Lipinski definition) is 12. The van der Waals surface area contributed by atoms with E-state index in [-0.39, 0.29) is 27.9 Å². The highest BCUT2D eigenvalue weighted by Crippen LogP contribution is 2.47. The van der Waals surface area contributed by atoms with E-state index in [9.17, 15) is 24.9 Å². The van der Waals surface area contributed by atoms with Crippen LogP contribution in [0.25, 0.3) is 11.3 Å². The van der Waals surface area contributed by atoms with Crippen LogP contribution in [0.5, 0.6) is 11.9 Å². The molecule has 1 aliphatic rings. The zero-order valence-corrected chi connectivity index (χ0v) is 24.6. The fraction of sp³-hybridized carbons (Fsp3) is 0.259. The van der Waals surface area contributed by atoms with Gasteiger partial charge in [-0.15, -0.1) is 0 Å². The molecule has 0 aliphatic carbocycles. The minimum Gasteiger partial charge on any atom is -0.398 e. The first-order valence-corrected chi connectivity index (χ1v) is 13.5. The maximum absolute atomic E-state index is 14.2. The molecule has 1 aliphatic heterocycles. The maximum Gasteiger partial charge on any atom is 0.455 e. The highest BCUT2D eigenvalue weighted by atomic mass is 35.5. The molecular weight excluding hydrogens is 625 g/mol. The van der Waals surface area contributed by atoms with Crippen molar-refractivity contribution in [3.05, 3.63) is 86.0 Å². The van der Waals surface area contributed by atoms with Gasteiger partial charge in [-0.25, -0.2) is 4.98 Å². The summed E-state index contributed by atoms with van der Waals surface area (Å²) in [7, 11) is 1.50. The monoisotopic (exact) mass is 649 g/mol. The summed E-state index contributed by atoms with van der Waals surface area (Å²) in [4.78, 5) is 35.5. The summed E-state index contributed by atoms with van der Waals surface area (Å²) in [5.41, 5.74) is 1.31. The fourth-order valence-corrected chi connectivity index (χ4v) is 5.40. The van der Waals surface area contributed by atoms with E-state index in [2.05, 4.69) is 14.7 Å². The van der Waals surface area contributed by atoms with Gasteiger partial charge in [0.15, 0.2) is 0 Å². The van der Waals surface area contributed by atoms with Crippen molar-refractivity contribution in [1.82, 2.24) is 19.1 Å². The number of pyridine rings is 1. The van der Waals surface area contributed by atoms with E-state index >= 15 is 0 Å². The Morgan fingerprint density at radius 2 is 1.57 bits per heavy atom. The number of nitrogens with zero attached hydrogens (tertiary/aromatic N) is 5. The zero-order valence-electron chi connectivity index (χ0n) is 23.1. The first-order valence-electron chi connectivity index (χ1n) is 12.7. The fourth-order valence-electron chi connectivity index (χ4n) is 5.03. The van der Waals surface area contributed by atoms with Gasteiger partial charge in [0.05, 0.1) is 28.2 Å². The zero-order chi connectivity index (χ0) is 32.3. The molecule has 1 amide bonds. The lowest BCUT2D eigenvalue weighted by Gasteiger charge is -2.29. The molecule has 1 atom stereocenters. The van der Waals surface area contributed by atoms with E-state index in [1.807, 2.05) is 13.8 Å². The Kier molecular flexibility index (Phi) is 7.94. The van der Waals surface area contributed by atoms with Crippen molar-refractivity contribution < 1.29 is 44.9 Å². The average molecular weight is 650 g/mol. The number of halogens is 2. The summed E-state index contributed by atoms with van der Waals surface area (Å²) in [5.74, 6) is -1.22. The summed E-state index contributed by atoms with van der Waals surface area (Å²) < 4.78 is 12.1. The normalized spacial score (nSPS) is 15.2. The van der Waals surface area contributed by atoms with Crippen LogP contribution in [0, 0.1) is 0 Å². The molecule has 4 aromatic rings. The lowest BCUT2D eigenvalue weighted by molar-refractivity contribution is -0.422. The maximum atomic E-state index is 14.2. The number of ether oxygens (including phenoxy) is 2. The molecule has 6 N–H and O–H groups in total. The molecular formula is C27H25Cl2N5O10. The number of carbonyl (C=O) groups excluding carboxylic acids is 1. The number of benzene rings is 1. The van der Waals surface area contributed by atoms with Crippen LogP contribution in [0.15, 0.2) is 53.6 Å². The molecule has 0 saturated heterocycles. The standard InChI is InChI=1S/C27H25Cl2N5O10/c1-12(2)33-19(17-10-30-25(44-27(40,41)42)31-22(17)43-26(37,38)39)9-16-21(33)20(13-4-6-14(28)7-5-13)34(23(16)35)15-8-18(29)24(36)32(3)11-15/h4-12,20,37-42H,1-3H3/t20-/m0/s1. The molecule has 0 radical (unpaired) electrons. The number of hydrogen-bond donors (Lipinski definition) is 6. The Hall–Kier alpha value is -4.06. The summed E-state index contributed by atoms with van der Waals surface area (Å²) >= 11 is 12.4. The van der Waals surface area contributed by atoms with Crippen LogP contribution in [0.4, 0.5) is 5.69 Å². The third-order valence-corrected chi connectivity index (χ3v) is 7.14. The Morgan fingerprint density at radius 3 is 2.14 bits per heavy atom. The summed E-state index contributed by atoms with van der Waals surface area (Å²) in [6.07, 6.45) is -4.95. The molecule has 4 heterocycles. The van der Waals surface area contributed by atoms with Crippen LogP contribution in [0.1, 0.15) is 47.5 Å². The smallest absolute Gasteiger partial charge is 0.398 e. The van der Waals surface area contributed by atoms with Crippen LogP contribution in [-0.2, 0) is 7.05 Å². The molecule has 44 heavy (non-hydrogen) atoms. The van der Waals surface area contributed by atoms with E-state index in [1.54, 1.807) is 28.8 Å². The largest absolute Gasteiger partial charge is 0.455 e. The van der Waals surface area contributed by atoms with Crippen molar-refractivity contribution in [2.45, 2.75) is 38.2 Å². The number of amides is 1. The van der Waals surface area contributed by atoms with Gasteiger partial charge >= 0.3 is 18.3 Å². The van der Waals surface area contributed by atoms with Crippen LogP contribution in [-0.4, -0.2) is 68.0 Å². The number of aryl methyl sites for hydroxylation is 1. The van der Waals surface area contributed by atoms with Crippen molar-refractivity contribution in [3.63, 3.8) is 0 Å². The van der Waals surface area contributed by atoms with Crippen LogP contribution in [0.3, 0.4) is 0 Å². The third-order valence-electron chi connectivity index (χ3n) is 6.62. The number of carbonyl (C=O) groups is 1. The molecule has 3 aromatic heterocycles. The number of aromatic nitrogens is 4. The number of aliphatic hydroxyl groups is 6. The molecule has 15 nitrogen and oxygen atoms in total. The first-order chi connectivity index (χ1) is 20.4. The predicted octanol–water partition coefficient (Wildman–Crippen LogP) is 1.22. The molecule has 232 valence electrons. The SMILES string of the molecule is CC(C)n1c(-c2cnc(OC(O)(O)O)nc2OC(O)(O)O)cc2c1[C@H](c1ccc(Cl)cc1)N(c1cc(Cl)c(=O)n(C)c1)C2=O. The Morgan fingerprint density at radius 1 is 0.932 bits per heavy atom. The molecule has 0 saturated carbocycles. The van der Waals surface area contributed by atoms with Crippen molar-refractivity contribution in [1.29, 1.82) is 0 Å². The molecule has 0 spiro atoms. The number of fused-ring (bicyclic) bond motifs is 1. The van der Waals surface area contributed by atoms with Gasteiger partial charge in [-0.1, -0.05) is 35.3 Å². The summed E-state index contributed by atoms with van der Waals surface area (Å²) in [5, 5.41) is 56.6. The van der Waals surface area contributed by atoms with E-state index in [0.29, 0.717) is 22.0 Å². The van der Waals surface area contributed by atoms with Gasteiger partial charge in [0.1, 0.15) is 11.1 Å². The van der Waals surface area contributed by atoms with Gasteiger partial charge in [0.25, 0.3) is 11.5 Å². The Balaban J connectivity index is 1.76. The highest BCUT2D eigenvalue weighted by Gasteiger charge is 2.44. The number of anilines is 1. The lowest BCUT2D eigenvalue weighted by atomic mass is 10.0. The number of rotatable bonds is 8. The third kappa shape index (κ3) is 5.99. The van der Waals surface area contributed by atoms with Gasteiger partial charge < -0.3 is 49.2 Å². The molecule has 17 heteroatoms. The minimum atomic E-state index is -3.76. The molecule has 0 fully saturated rings. The Bertz CT molecular complexity index is 1780. The molecule has 0 bridgehead atoms. The van der Waals surface area contributed by atoms with Gasteiger partial charge in [-0.3, -0.25) is 14.5 Å². The van der Waals surface area contributed by atoms with Gasteiger partial charge in [-0.05, 0) is 43.7 Å². The van der Waals surface area contributed by atoms with Crippen LogP contribution < -0.4 is 19.9 Å². The first kappa shape index (κ1) is 31.4. The second-order valence-corrected chi connectivity index (χ2v) is 11.0. The van der Waals surface area contributed by atoms with Gasteiger partial charge in [-0.2, -0.15) is 4.98 Å². The second-order valence-electron chi connectivity index (χ2n) is 10.1. The van der Waals surface area contributed by atoms with Crippen LogP contribution in [0.2, 0.25) is 10.0 Å². The van der Waals surface area contributed by atoms with Crippen LogP contribution >= 0.6 is 23.2 Å². The van der Waals surface area contributed by atoms with Crippen molar-refractivity contribution >= 4 is 34.8 Å². The second kappa shape index (κ2) is 11.1. The van der Waals surface area contributed by atoms with E-state index in [4.69, 9.17) is 43.3 Å². The topological polar surface area (TPSA) is 213 Å². The van der Waals surface area contributed by atoms with Crippen molar-refractivity contribution in [2.24, 2.45) is 7.05 Å². The molecule has 1 aromatic carbocycles. The van der Waals surface area contributed by atoms with E-state index in [0.717, 1.165) is 6.20 Å². The quantitative estimate of drug-likeness (QED) is 0.149. The van der Waals surface area contributed by atoms with Crippen molar-refractivity contribution in [2.75, 3.05) is 4.90 Å². The highest BCUT2D eigenvalue weighted by molar-refractivity contribution is 6.31.